The molecule has 112 valence electrons. The van der Waals surface area contributed by atoms with Crippen LogP contribution in [0.3, 0.4) is 0 Å². The van der Waals surface area contributed by atoms with Gasteiger partial charge in [0.2, 0.25) is 0 Å². The van der Waals surface area contributed by atoms with E-state index in [2.05, 4.69) is 0 Å². The van der Waals surface area contributed by atoms with E-state index in [1.807, 2.05) is 0 Å². The maximum atomic E-state index is 12.0. The minimum absolute atomic E-state index is 0.0745. The van der Waals surface area contributed by atoms with Crippen molar-refractivity contribution in [2.24, 2.45) is 5.92 Å². The van der Waals surface area contributed by atoms with Crippen molar-refractivity contribution in [3.8, 4) is 0 Å². The van der Waals surface area contributed by atoms with Crippen molar-refractivity contribution in [3.05, 3.63) is 48.7 Å². The molecule has 0 saturated heterocycles. The standard InChI is InChI=1S/C15H16O6/c1-2-11(14(16)20-12-7-3-5-9-18-12)15(17)21-13-8-4-6-10-19-13/h3-9,11-12H,2,10H2,1H3. The molecule has 21 heavy (non-hydrogen) atoms. The monoisotopic (exact) mass is 292 g/mol. The van der Waals surface area contributed by atoms with Crippen molar-refractivity contribution in [2.75, 3.05) is 6.61 Å². The summed E-state index contributed by atoms with van der Waals surface area (Å²) >= 11 is 0. The van der Waals surface area contributed by atoms with Crippen molar-refractivity contribution in [1.29, 1.82) is 0 Å². The first-order valence-corrected chi connectivity index (χ1v) is 6.61. The lowest BCUT2D eigenvalue weighted by molar-refractivity contribution is -0.174. The lowest BCUT2D eigenvalue weighted by Gasteiger charge is -2.19. The van der Waals surface area contributed by atoms with Gasteiger partial charge in [0.25, 0.3) is 12.2 Å². The highest BCUT2D eigenvalue weighted by atomic mass is 16.7. The Labute approximate surface area is 122 Å². The minimum atomic E-state index is -1.02. The molecule has 0 aromatic rings. The summed E-state index contributed by atoms with van der Waals surface area (Å²) in [5, 5.41) is 0. The third kappa shape index (κ3) is 4.24. The molecule has 0 aromatic heterocycles. The second kappa shape index (κ2) is 7.33. The van der Waals surface area contributed by atoms with Crippen LogP contribution in [0.5, 0.6) is 0 Å². The predicted molar refractivity (Wildman–Crippen MR) is 72.3 cm³/mol. The summed E-state index contributed by atoms with van der Waals surface area (Å²) in [5.41, 5.74) is 0. The lowest BCUT2D eigenvalue weighted by atomic mass is 10.1. The van der Waals surface area contributed by atoms with Crippen LogP contribution in [-0.2, 0) is 28.5 Å². The van der Waals surface area contributed by atoms with Gasteiger partial charge in [0.05, 0.1) is 6.26 Å². The first-order valence-electron chi connectivity index (χ1n) is 6.61. The molecule has 0 bridgehead atoms. The van der Waals surface area contributed by atoms with E-state index in [1.165, 1.54) is 12.3 Å². The number of allylic oxidation sites excluding steroid dienone is 4. The zero-order valence-corrected chi connectivity index (χ0v) is 11.6. The van der Waals surface area contributed by atoms with E-state index in [-0.39, 0.29) is 12.4 Å². The molecule has 2 heterocycles. The van der Waals surface area contributed by atoms with Crippen molar-refractivity contribution in [1.82, 2.24) is 0 Å². The van der Waals surface area contributed by atoms with E-state index >= 15 is 0 Å². The van der Waals surface area contributed by atoms with Gasteiger partial charge in [-0.2, -0.15) is 0 Å². The molecule has 0 spiro atoms. The smallest absolute Gasteiger partial charge is 0.328 e. The molecule has 2 rings (SSSR count). The first kappa shape index (κ1) is 14.9. The second-order valence-corrected chi connectivity index (χ2v) is 4.26. The third-order valence-electron chi connectivity index (χ3n) is 2.77. The summed E-state index contributed by atoms with van der Waals surface area (Å²) in [4.78, 5) is 24.0. The van der Waals surface area contributed by atoms with Crippen LogP contribution in [-0.4, -0.2) is 24.8 Å². The van der Waals surface area contributed by atoms with Gasteiger partial charge in [-0.1, -0.05) is 19.1 Å². The molecule has 0 aliphatic carbocycles. The van der Waals surface area contributed by atoms with Gasteiger partial charge in [-0.15, -0.1) is 0 Å². The molecule has 2 aliphatic heterocycles. The Kier molecular flexibility index (Phi) is 5.20. The van der Waals surface area contributed by atoms with Crippen LogP contribution in [0.15, 0.2) is 48.7 Å². The van der Waals surface area contributed by atoms with Crippen molar-refractivity contribution >= 4 is 11.9 Å². The number of esters is 2. The molecular weight excluding hydrogens is 276 g/mol. The fraction of sp³-hybridized carbons (Fsp3) is 0.333. The topological polar surface area (TPSA) is 71.1 Å². The van der Waals surface area contributed by atoms with E-state index in [0.717, 1.165) is 0 Å². The number of carbonyl (C=O) groups is 2. The Morgan fingerprint density at radius 3 is 2.81 bits per heavy atom. The van der Waals surface area contributed by atoms with Crippen LogP contribution in [0.25, 0.3) is 0 Å². The fourth-order valence-corrected chi connectivity index (χ4v) is 1.68. The Morgan fingerprint density at radius 2 is 2.19 bits per heavy atom. The Morgan fingerprint density at radius 1 is 1.33 bits per heavy atom. The summed E-state index contributed by atoms with van der Waals surface area (Å²) in [6.45, 7) is 2.02. The summed E-state index contributed by atoms with van der Waals surface area (Å²) in [6, 6.07) is 0. The summed E-state index contributed by atoms with van der Waals surface area (Å²) in [7, 11) is 0. The first-order chi connectivity index (χ1) is 10.2. The number of hydrogen-bond donors (Lipinski definition) is 0. The van der Waals surface area contributed by atoms with Crippen LogP contribution in [0.4, 0.5) is 0 Å². The van der Waals surface area contributed by atoms with E-state index in [0.29, 0.717) is 6.61 Å². The van der Waals surface area contributed by atoms with Crippen LogP contribution >= 0.6 is 0 Å². The maximum absolute atomic E-state index is 12.0. The molecule has 0 aromatic carbocycles. The molecule has 0 fully saturated rings. The fourth-order valence-electron chi connectivity index (χ4n) is 1.68. The van der Waals surface area contributed by atoms with Gasteiger partial charge in [-0.3, -0.25) is 9.59 Å². The third-order valence-corrected chi connectivity index (χ3v) is 2.77. The molecule has 6 heteroatoms. The van der Waals surface area contributed by atoms with E-state index in [4.69, 9.17) is 18.9 Å². The van der Waals surface area contributed by atoms with Gasteiger partial charge in [0.1, 0.15) is 6.61 Å². The van der Waals surface area contributed by atoms with Crippen molar-refractivity contribution < 1.29 is 28.5 Å². The summed E-state index contributed by atoms with van der Waals surface area (Å²) in [6.07, 6.45) is 10.7. The molecule has 2 atom stereocenters. The van der Waals surface area contributed by atoms with Gasteiger partial charge in [0.15, 0.2) is 5.92 Å². The Hall–Kier alpha value is -2.50. The normalized spacial score (nSPS) is 20.8. The average molecular weight is 292 g/mol. The van der Waals surface area contributed by atoms with Gasteiger partial charge in [0, 0.05) is 6.08 Å². The van der Waals surface area contributed by atoms with Gasteiger partial charge in [-0.25, -0.2) is 0 Å². The Bertz CT molecular complexity index is 514. The van der Waals surface area contributed by atoms with Crippen molar-refractivity contribution in [2.45, 2.75) is 19.6 Å². The van der Waals surface area contributed by atoms with Crippen LogP contribution < -0.4 is 0 Å². The second-order valence-electron chi connectivity index (χ2n) is 4.26. The molecule has 0 amide bonds. The maximum Gasteiger partial charge on any atom is 0.328 e. The van der Waals surface area contributed by atoms with E-state index < -0.39 is 24.1 Å². The molecular formula is C15H16O6. The molecule has 0 radical (unpaired) electrons. The lowest BCUT2D eigenvalue weighted by Crippen LogP contribution is -2.31. The van der Waals surface area contributed by atoms with E-state index in [9.17, 15) is 9.59 Å². The number of hydrogen-bond acceptors (Lipinski definition) is 6. The minimum Gasteiger partial charge on any atom is -0.461 e. The highest BCUT2D eigenvalue weighted by Crippen LogP contribution is 2.16. The highest BCUT2D eigenvalue weighted by molar-refractivity contribution is 5.95. The summed E-state index contributed by atoms with van der Waals surface area (Å²) in [5.74, 6) is -2.35. The van der Waals surface area contributed by atoms with Crippen LogP contribution in [0.2, 0.25) is 0 Å². The van der Waals surface area contributed by atoms with Gasteiger partial charge < -0.3 is 18.9 Å². The zero-order valence-electron chi connectivity index (χ0n) is 11.6. The number of carbonyl (C=O) groups excluding carboxylic acids is 2. The SMILES string of the molecule is CCC(C(=O)OC1=CC=CCO1)C(=O)OC1C=CC=CO1. The number of rotatable bonds is 5. The van der Waals surface area contributed by atoms with Crippen LogP contribution in [0, 0.1) is 5.92 Å². The molecule has 2 unspecified atom stereocenters. The molecule has 2 aliphatic rings. The largest absolute Gasteiger partial charge is 0.461 e. The summed E-state index contributed by atoms with van der Waals surface area (Å²) < 4.78 is 20.3. The number of ether oxygens (including phenoxy) is 4. The zero-order chi connectivity index (χ0) is 15.1. The Balaban J connectivity index is 1.91. The van der Waals surface area contributed by atoms with Gasteiger partial charge >= 0.3 is 11.9 Å². The van der Waals surface area contributed by atoms with E-state index in [1.54, 1.807) is 37.3 Å². The van der Waals surface area contributed by atoms with Crippen LogP contribution in [0.1, 0.15) is 13.3 Å². The average Bonchev–Trinajstić information content (AvgIpc) is 2.50. The molecule has 0 N–H and O–H groups in total. The van der Waals surface area contributed by atoms with Gasteiger partial charge in [-0.05, 0) is 24.6 Å². The quantitative estimate of drug-likeness (QED) is 0.570. The van der Waals surface area contributed by atoms with Crippen molar-refractivity contribution in [3.63, 3.8) is 0 Å². The predicted octanol–water partition coefficient (Wildman–Crippen LogP) is 1.95. The highest BCUT2D eigenvalue weighted by Gasteiger charge is 2.31. The molecule has 6 nitrogen and oxygen atoms in total. The molecule has 0 saturated carbocycles.